The van der Waals surface area contributed by atoms with Gasteiger partial charge in [-0.3, -0.25) is 4.79 Å². The summed E-state index contributed by atoms with van der Waals surface area (Å²) in [4.78, 5) is 23.7. The first-order valence-electron chi connectivity index (χ1n) is 7.80. The molecule has 128 valence electrons. The van der Waals surface area contributed by atoms with E-state index >= 15 is 0 Å². The van der Waals surface area contributed by atoms with E-state index in [1.165, 1.54) is 19.9 Å². The van der Waals surface area contributed by atoms with Crippen LogP contribution in [-0.2, 0) is 9.53 Å². The minimum Gasteiger partial charge on any atom is -0.464 e. The summed E-state index contributed by atoms with van der Waals surface area (Å²) >= 11 is 0. The van der Waals surface area contributed by atoms with E-state index in [0.29, 0.717) is 0 Å². The lowest BCUT2D eigenvalue weighted by Gasteiger charge is -2.14. The van der Waals surface area contributed by atoms with E-state index in [0.717, 1.165) is 31.7 Å². The molecule has 0 saturated carbocycles. The van der Waals surface area contributed by atoms with Gasteiger partial charge in [0.05, 0.1) is 6.61 Å². The second kappa shape index (κ2) is 9.22. The van der Waals surface area contributed by atoms with E-state index in [9.17, 15) is 18.4 Å². The summed E-state index contributed by atoms with van der Waals surface area (Å²) in [5.74, 6) is -3.49. The first kappa shape index (κ1) is 19.1. The largest absolute Gasteiger partial charge is 0.464 e. The van der Waals surface area contributed by atoms with Gasteiger partial charge in [0.2, 0.25) is 0 Å². The molecular formula is C17H23F2NO3. The maximum absolute atomic E-state index is 13.9. The molecule has 1 rings (SSSR count). The number of ether oxygens (including phenoxy) is 1. The molecule has 0 aliphatic rings. The van der Waals surface area contributed by atoms with Gasteiger partial charge in [0.15, 0.2) is 0 Å². The van der Waals surface area contributed by atoms with Crippen LogP contribution in [0, 0.1) is 18.6 Å². The number of esters is 1. The van der Waals surface area contributed by atoms with Crippen LogP contribution in [0.3, 0.4) is 0 Å². The van der Waals surface area contributed by atoms with Gasteiger partial charge < -0.3 is 10.1 Å². The average Bonchev–Trinajstić information content (AvgIpc) is 2.50. The Bertz CT molecular complexity index is 561. The Morgan fingerprint density at radius 2 is 1.91 bits per heavy atom. The van der Waals surface area contributed by atoms with Crippen molar-refractivity contribution in [3.05, 3.63) is 34.9 Å². The molecular weight excluding hydrogens is 304 g/mol. The second-order valence-electron chi connectivity index (χ2n) is 5.48. The zero-order chi connectivity index (χ0) is 17.4. The van der Waals surface area contributed by atoms with Gasteiger partial charge in [-0.15, -0.1) is 0 Å². The smallest absolute Gasteiger partial charge is 0.328 e. The third kappa shape index (κ3) is 5.62. The molecule has 0 heterocycles. The number of aryl methyl sites for hydroxylation is 1. The van der Waals surface area contributed by atoms with Crippen LogP contribution in [0.2, 0.25) is 0 Å². The Kier molecular flexibility index (Phi) is 7.65. The van der Waals surface area contributed by atoms with Gasteiger partial charge in [-0.05, 0) is 31.9 Å². The normalized spacial score (nSPS) is 11.9. The SMILES string of the molecule is CCCCCCOC(=O)C(C)NC(=O)c1c(F)ccc(C)c1F. The fraction of sp³-hybridized carbons (Fsp3) is 0.529. The van der Waals surface area contributed by atoms with Crippen LogP contribution in [0.15, 0.2) is 12.1 Å². The number of unbranched alkanes of at least 4 members (excludes halogenated alkanes) is 3. The zero-order valence-corrected chi connectivity index (χ0v) is 13.7. The highest BCUT2D eigenvalue weighted by Crippen LogP contribution is 2.16. The first-order valence-corrected chi connectivity index (χ1v) is 7.80. The Labute approximate surface area is 135 Å². The van der Waals surface area contributed by atoms with Crippen molar-refractivity contribution in [3.63, 3.8) is 0 Å². The number of hydrogen-bond acceptors (Lipinski definition) is 3. The minimum absolute atomic E-state index is 0.155. The zero-order valence-electron chi connectivity index (χ0n) is 13.7. The molecule has 0 radical (unpaired) electrons. The van der Waals surface area contributed by atoms with Crippen LogP contribution in [-0.4, -0.2) is 24.5 Å². The van der Waals surface area contributed by atoms with E-state index in [-0.39, 0.29) is 12.2 Å². The number of nitrogens with one attached hydrogen (secondary N) is 1. The van der Waals surface area contributed by atoms with E-state index < -0.39 is 35.1 Å². The lowest BCUT2D eigenvalue weighted by atomic mass is 10.1. The van der Waals surface area contributed by atoms with E-state index in [1.807, 2.05) is 0 Å². The van der Waals surface area contributed by atoms with Gasteiger partial charge in [-0.2, -0.15) is 0 Å². The molecule has 0 spiro atoms. The summed E-state index contributed by atoms with van der Waals surface area (Å²) in [5, 5.41) is 2.26. The molecule has 0 saturated heterocycles. The molecule has 1 amide bonds. The van der Waals surface area contributed by atoms with Crippen LogP contribution in [0.25, 0.3) is 0 Å². The first-order chi connectivity index (χ1) is 10.9. The van der Waals surface area contributed by atoms with Gasteiger partial charge in [-0.1, -0.05) is 32.3 Å². The van der Waals surface area contributed by atoms with Crippen molar-refractivity contribution in [3.8, 4) is 0 Å². The van der Waals surface area contributed by atoms with Gasteiger partial charge in [-0.25, -0.2) is 13.6 Å². The molecule has 0 bridgehead atoms. The molecule has 1 aromatic rings. The Morgan fingerprint density at radius 1 is 1.22 bits per heavy atom. The Morgan fingerprint density at radius 3 is 2.57 bits per heavy atom. The van der Waals surface area contributed by atoms with Crippen molar-refractivity contribution in [2.45, 2.75) is 52.5 Å². The van der Waals surface area contributed by atoms with E-state index in [2.05, 4.69) is 12.2 Å². The van der Waals surface area contributed by atoms with E-state index in [4.69, 9.17) is 4.74 Å². The fourth-order valence-electron chi connectivity index (χ4n) is 2.02. The molecule has 23 heavy (non-hydrogen) atoms. The molecule has 6 heteroatoms. The van der Waals surface area contributed by atoms with Gasteiger partial charge in [0.25, 0.3) is 5.91 Å². The molecule has 4 nitrogen and oxygen atoms in total. The fourth-order valence-corrected chi connectivity index (χ4v) is 2.02. The van der Waals surface area contributed by atoms with Crippen molar-refractivity contribution in [1.82, 2.24) is 5.32 Å². The van der Waals surface area contributed by atoms with Crippen LogP contribution < -0.4 is 5.32 Å². The number of halogens is 2. The molecule has 1 aromatic carbocycles. The van der Waals surface area contributed by atoms with Crippen molar-refractivity contribution in [2.75, 3.05) is 6.61 Å². The quantitative estimate of drug-likeness (QED) is 0.587. The number of carbonyl (C=O) groups is 2. The number of carbonyl (C=O) groups excluding carboxylic acids is 2. The van der Waals surface area contributed by atoms with Crippen molar-refractivity contribution in [2.24, 2.45) is 0 Å². The lowest BCUT2D eigenvalue weighted by molar-refractivity contribution is -0.145. The Hall–Kier alpha value is -1.98. The maximum Gasteiger partial charge on any atom is 0.328 e. The number of hydrogen-bond donors (Lipinski definition) is 1. The molecule has 0 fully saturated rings. The predicted molar refractivity (Wildman–Crippen MR) is 83.1 cm³/mol. The number of benzene rings is 1. The second-order valence-corrected chi connectivity index (χ2v) is 5.48. The molecule has 1 unspecified atom stereocenters. The molecule has 0 aliphatic heterocycles. The van der Waals surface area contributed by atoms with Gasteiger partial charge in [0, 0.05) is 0 Å². The van der Waals surface area contributed by atoms with Crippen molar-refractivity contribution in [1.29, 1.82) is 0 Å². The topological polar surface area (TPSA) is 55.4 Å². The average molecular weight is 327 g/mol. The molecule has 0 aromatic heterocycles. The highest BCUT2D eigenvalue weighted by atomic mass is 19.1. The summed E-state index contributed by atoms with van der Waals surface area (Å²) in [5.41, 5.74) is -0.532. The molecule has 1 atom stereocenters. The van der Waals surface area contributed by atoms with Crippen LogP contribution >= 0.6 is 0 Å². The number of amides is 1. The standard InChI is InChI=1S/C17H23F2NO3/c1-4-5-6-7-10-23-17(22)12(3)20-16(21)14-13(18)9-8-11(2)15(14)19/h8-9,12H,4-7,10H2,1-3H3,(H,20,21). The summed E-state index contributed by atoms with van der Waals surface area (Å²) < 4.78 is 32.5. The van der Waals surface area contributed by atoms with E-state index in [1.54, 1.807) is 0 Å². The summed E-state index contributed by atoms with van der Waals surface area (Å²) in [7, 11) is 0. The van der Waals surface area contributed by atoms with Crippen LogP contribution in [0.1, 0.15) is 55.5 Å². The monoisotopic (exact) mass is 327 g/mol. The molecule has 0 aliphatic carbocycles. The minimum atomic E-state index is -0.979. The predicted octanol–water partition coefficient (Wildman–Crippen LogP) is 3.52. The van der Waals surface area contributed by atoms with Crippen molar-refractivity contribution >= 4 is 11.9 Å². The van der Waals surface area contributed by atoms with Crippen LogP contribution in [0.4, 0.5) is 8.78 Å². The lowest BCUT2D eigenvalue weighted by Crippen LogP contribution is -2.40. The van der Waals surface area contributed by atoms with Crippen molar-refractivity contribution < 1.29 is 23.1 Å². The third-order valence-electron chi connectivity index (χ3n) is 3.45. The summed E-state index contributed by atoms with van der Waals surface area (Å²) in [6.45, 7) is 5.19. The van der Waals surface area contributed by atoms with Gasteiger partial charge in [0.1, 0.15) is 23.2 Å². The molecule has 1 N–H and O–H groups in total. The Balaban J connectivity index is 2.57. The number of rotatable bonds is 8. The third-order valence-corrected chi connectivity index (χ3v) is 3.45. The van der Waals surface area contributed by atoms with Crippen LogP contribution in [0.5, 0.6) is 0 Å². The highest BCUT2D eigenvalue weighted by Gasteiger charge is 2.23. The maximum atomic E-state index is 13.9. The summed E-state index contributed by atoms with van der Waals surface area (Å²) in [6, 6.07) is 1.28. The highest BCUT2D eigenvalue weighted by molar-refractivity contribution is 5.97. The summed E-state index contributed by atoms with van der Waals surface area (Å²) in [6.07, 6.45) is 3.86. The van der Waals surface area contributed by atoms with Gasteiger partial charge >= 0.3 is 5.97 Å².